The summed E-state index contributed by atoms with van der Waals surface area (Å²) in [5.41, 5.74) is 0. The predicted molar refractivity (Wildman–Crippen MR) is 60.3 cm³/mol. The molecule has 0 bridgehead atoms. The molecule has 2 fully saturated rings. The van der Waals surface area contributed by atoms with Crippen LogP contribution in [-0.4, -0.2) is 81.6 Å². The molecule has 2 rings (SSSR count). The minimum atomic E-state index is -1.04. The lowest BCUT2D eigenvalue weighted by Crippen LogP contribution is -2.46. The van der Waals surface area contributed by atoms with E-state index in [1.165, 1.54) is 4.90 Å². The van der Waals surface area contributed by atoms with Gasteiger partial charge in [-0.3, -0.25) is 9.69 Å². The molecule has 0 aliphatic carbocycles. The van der Waals surface area contributed by atoms with Gasteiger partial charge in [0.15, 0.2) is 0 Å². The Morgan fingerprint density at radius 1 is 1.35 bits per heavy atom. The van der Waals surface area contributed by atoms with Gasteiger partial charge in [0.1, 0.15) is 12.2 Å². The van der Waals surface area contributed by atoms with Gasteiger partial charge in [0.05, 0.1) is 25.2 Å². The lowest BCUT2D eigenvalue weighted by atomic mass is 10.1. The van der Waals surface area contributed by atoms with Crippen LogP contribution in [0.4, 0.5) is 0 Å². The predicted octanol–water partition coefficient (Wildman–Crippen LogP) is -1.99. The van der Waals surface area contributed by atoms with Crippen LogP contribution in [0.2, 0.25) is 0 Å². The van der Waals surface area contributed by atoms with E-state index in [0.717, 1.165) is 13.1 Å². The monoisotopic (exact) mass is 244 g/mol. The molecule has 2 saturated heterocycles. The Morgan fingerprint density at radius 2 is 2.06 bits per heavy atom. The highest BCUT2D eigenvalue weighted by Gasteiger charge is 2.50. The second-order valence-electron chi connectivity index (χ2n) is 4.76. The highest BCUT2D eigenvalue weighted by Crippen LogP contribution is 2.29. The van der Waals surface area contributed by atoms with Gasteiger partial charge in [-0.1, -0.05) is 6.92 Å². The minimum absolute atomic E-state index is 0.121. The molecule has 0 aromatic heterocycles. The van der Waals surface area contributed by atoms with Crippen molar-refractivity contribution in [1.29, 1.82) is 0 Å². The molecule has 2 aliphatic heterocycles. The van der Waals surface area contributed by atoms with Crippen LogP contribution in [0, 0.1) is 0 Å². The van der Waals surface area contributed by atoms with Crippen LogP contribution in [0.5, 0.6) is 0 Å². The first-order chi connectivity index (χ1) is 8.10. The van der Waals surface area contributed by atoms with E-state index in [1.807, 2.05) is 11.8 Å². The third-order valence-electron chi connectivity index (χ3n) is 3.88. The van der Waals surface area contributed by atoms with Crippen LogP contribution in [0.3, 0.4) is 0 Å². The zero-order valence-corrected chi connectivity index (χ0v) is 9.99. The number of aliphatic hydroxyl groups is 3. The number of nitrogens with zero attached hydrogens (tertiary/aromatic N) is 2. The summed E-state index contributed by atoms with van der Waals surface area (Å²) in [4.78, 5) is 15.6. The van der Waals surface area contributed by atoms with Gasteiger partial charge in [-0.15, -0.1) is 0 Å². The zero-order chi connectivity index (χ0) is 12.6. The van der Waals surface area contributed by atoms with Gasteiger partial charge in [0.2, 0.25) is 5.91 Å². The Labute approximate surface area is 100 Å². The number of likely N-dealkylation sites (N-methyl/N-ethyl adjacent to an activating group) is 1. The standard InChI is InChI=1S/C11H20N2O4/c1-2-12-4-3-7-10(16)11(17)8(6-14)13(7)9(15)5-12/h7-8,10-11,14,16-17H,2-6H2,1H3/t7-,8+,10+,11+/m1/s1. The second-order valence-corrected chi connectivity index (χ2v) is 4.76. The summed E-state index contributed by atoms with van der Waals surface area (Å²) in [7, 11) is 0. The zero-order valence-electron chi connectivity index (χ0n) is 9.99. The average Bonchev–Trinajstić information content (AvgIpc) is 2.48. The van der Waals surface area contributed by atoms with Gasteiger partial charge in [0, 0.05) is 6.54 Å². The Morgan fingerprint density at radius 3 is 2.65 bits per heavy atom. The first-order valence-electron chi connectivity index (χ1n) is 6.10. The second kappa shape index (κ2) is 4.89. The molecule has 2 aliphatic rings. The number of fused-ring (bicyclic) bond motifs is 1. The molecule has 0 aromatic carbocycles. The number of aliphatic hydroxyl groups excluding tert-OH is 3. The maximum Gasteiger partial charge on any atom is 0.237 e. The van der Waals surface area contributed by atoms with Gasteiger partial charge in [-0.2, -0.15) is 0 Å². The van der Waals surface area contributed by atoms with Crippen LogP contribution in [0.1, 0.15) is 13.3 Å². The number of carbonyl (C=O) groups excluding carboxylic acids is 1. The van der Waals surface area contributed by atoms with E-state index in [9.17, 15) is 20.1 Å². The fraction of sp³-hybridized carbons (Fsp3) is 0.909. The topological polar surface area (TPSA) is 84.2 Å². The van der Waals surface area contributed by atoms with Crippen LogP contribution in [0.25, 0.3) is 0 Å². The molecular weight excluding hydrogens is 224 g/mol. The molecule has 0 saturated carbocycles. The average molecular weight is 244 g/mol. The van der Waals surface area contributed by atoms with Crippen molar-refractivity contribution < 1.29 is 20.1 Å². The summed E-state index contributed by atoms with van der Waals surface area (Å²) in [5, 5.41) is 29.0. The third kappa shape index (κ3) is 2.06. The van der Waals surface area contributed by atoms with E-state index in [1.54, 1.807) is 0 Å². The van der Waals surface area contributed by atoms with Crippen molar-refractivity contribution in [3.63, 3.8) is 0 Å². The molecule has 6 heteroatoms. The lowest BCUT2D eigenvalue weighted by molar-refractivity contribution is -0.135. The van der Waals surface area contributed by atoms with E-state index < -0.39 is 18.2 Å². The van der Waals surface area contributed by atoms with Gasteiger partial charge in [0.25, 0.3) is 0 Å². The molecule has 4 atom stereocenters. The Kier molecular flexibility index (Phi) is 3.67. The molecular formula is C11H20N2O4. The fourth-order valence-electron chi connectivity index (χ4n) is 2.84. The van der Waals surface area contributed by atoms with Crippen LogP contribution < -0.4 is 0 Å². The molecule has 0 radical (unpaired) electrons. The van der Waals surface area contributed by atoms with Gasteiger partial charge in [-0.05, 0) is 13.0 Å². The molecule has 0 spiro atoms. The minimum Gasteiger partial charge on any atom is -0.394 e. The Balaban J connectivity index is 2.22. The quantitative estimate of drug-likeness (QED) is 0.523. The van der Waals surface area contributed by atoms with Crippen LogP contribution in [-0.2, 0) is 4.79 Å². The van der Waals surface area contributed by atoms with Crippen molar-refractivity contribution in [2.45, 2.75) is 37.6 Å². The van der Waals surface area contributed by atoms with Gasteiger partial charge < -0.3 is 20.2 Å². The highest BCUT2D eigenvalue weighted by atomic mass is 16.3. The van der Waals surface area contributed by atoms with Crippen LogP contribution in [0.15, 0.2) is 0 Å². The van der Waals surface area contributed by atoms with E-state index in [2.05, 4.69) is 0 Å². The number of amides is 1. The maximum atomic E-state index is 12.1. The van der Waals surface area contributed by atoms with Gasteiger partial charge >= 0.3 is 0 Å². The molecule has 3 N–H and O–H groups in total. The van der Waals surface area contributed by atoms with Crippen molar-refractivity contribution in [1.82, 2.24) is 9.80 Å². The summed E-state index contributed by atoms with van der Waals surface area (Å²) in [6.07, 6.45) is -1.36. The number of rotatable bonds is 2. The molecule has 1 amide bonds. The summed E-state index contributed by atoms with van der Waals surface area (Å²) in [6.45, 7) is 3.48. The van der Waals surface area contributed by atoms with Crippen LogP contribution >= 0.6 is 0 Å². The molecule has 0 aromatic rings. The molecule has 2 heterocycles. The van der Waals surface area contributed by atoms with Crippen molar-refractivity contribution in [2.24, 2.45) is 0 Å². The smallest absolute Gasteiger partial charge is 0.237 e. The van der Waals surface area contributed by atoms with E-state index >= 15 is 0 Å². The normalized spacial score (nSPS) is 39.3. The van der Waals surface area contributed by atoms with Crippen molar-refractivity contribution in [3.05, 3.63) is 0 Å². The Hall–Kier alpha value is -0.690. The summed E-state index contributed by atoms with van der Waals surface area (Å²) < 4.78 is 0. The fourth-order valence-corrected chi connectivity index (χ4v) is 2.84. The first kappa shape index (κ1) is 12.8. The molecule has 98 valence electrons. The molecule has 0 unspecified atom stereocenters. The summed E-state index contributed by atoms with van der Waals surface area (Å²) in [6, 6.07) is -1.04. The summed E-state index contributed by atoms with van der Waals surface area (Å²) >= 11 is 0. The molecule has 6 nitrogen and oxygen atoms in total. The van der Waals surface area contributed by atoms with E-state index in [-0.39, 0.29) is 18.6 Å². The largest absolute Gasteiger partial charge is 0.394 e. The number of hydrogen-bond acceptors (Lipinski definition) is 5. The lowest BCUT2D eigenvalue weighted by Gasteiger charge is -2.27. The third-order valence-corrected chi connectivity index (χ3v) is 3.88. The highest BCUT2D eigenvalue weighted by molar-refractivity contribution is 5.80. The summed E-state index contributed by atoms with van der Waals surface area (Å²) in [5.74, 6) is -0.121. The molecule has 17 heavy (non-hydrogen) atoms. The van der Waals surface area contributed by atoms with Crippen molar-refractivity contribution in [2.75, 3.05) is 26.2 Å². The maximum absolute atomic E-state index is 12.1. The first-order valence-corrected chi connectivity index (χ1v) is 6.10. The number of carbonyl (C=O) groups is 1. The SMILES string of the molecule is CCN1CC[C@@H]2[C@H](O)[C@@H](O)[C@H](CO)N2C(=O)C1. The Bertz CT molecular complexity index is 299. The van der Waals surface area contributed by atoms with E-state index in [4.69, 9.17) is 0 Å². The van der Waals surface area contributed by atoms with E-state index in [0.29, 0.717) is 13.0 Å². The number of hydrogen-bond donors (Lipinski definition) is 3. The van der Waals surface area contributed by atoms with Crippen molar-refractivity contribution >= 4 is 5.91 Å². The van der Waals surface area contributed by atoms with Gasteiger partial charge in [-0.25, -0.2) is 0 Å². The van der Waals surface area contributed by atoms with Crippen molar-refractivity contribution in [3.8, 4) is 0 Å².